The second-order valence-corrected chi connectivity index (χ2v) is 12.0. The van der Waals surface area contributed by atoms with Crippen LogP contribution in [0.1, 0.15) is 36.0 Å². The van der Waals surface area contributed by atoms with E-state index in [4.69, 9.17) is 9.47 Å². The number of benzene rings is 2. The van der Waals surface area contributed by atoms with E-state index in [0.29, 0.717) is 37.0 Å². The molecule has 0 radical (unpaired) electrons. The molecule has 2 saturated heterocycles. The van der Waals surface area contributed by atoms with E-state index < -0.39 is 10.0 Å². The SMILES string of the molecule is CN(CC1CCCO1)S(=O)(=O)c1ccc(C(=O)N(CC2CCCO2)c2nc3ccccc3s2)cc1. The van der Waals surface area contributed by atoms with Crippen molar-refractivity contribution in [2.75, 3.05) is 38.3 Å². The Labute approximate surface area is 209 Å². The molecule has 2 atom stereocenters. The summed E-state index contributed by atoms with van der Waals surface area (Å²) in [6.45, 7) is 2.09. The van der Waals surface area contributed by atoms with Crippen LogP contribution in [0.4, 0.5) is 5.13 Å². The summed E-state index contributed by atoms with van der Waals surface area (Å²) >= 11 is 1.46. The standard InChI is InChI=1S/C25H29N3O5S2/c1-27(16-19-6-4-14-32-19)35(30,31)21-12-10-18(11-13-21)24(29)28(17-20-7-5-15-33-20)25-26-22-8-2-3-9-23(22)34-25/h2-3,8-13,19-20H,4-7,14-17H2,1H3. The first-order valence-corrected chi connectivity index (χ1v) is 14.1. The maximum atomic E-state index is 13.6. The number of thiazole rings is 1. The zero-order chi connectivity index (χ0) is 24.4. The highest BCUT2D eigenvalue weighted by molar-refractivity contribution is 7.89. The average Bonchev–Trinajstić information content (AvgIpc) is 3.64. The van der Waals surface area contributed by atoms with Crippen molar-refractivity contribution in [3.63, 3.8) is 0 Å². The fraction of sp³-hybridized carbons (Fsp3) is 0.440. The van der Waals surface area contributed by atoms with E-state index in [1.807, 2.05) is 24.3 Å². The summed E-state index contributed by atoms with van der Waals surface area (Å²) in [7, 11) is -2.12. The van der Waals surface area contributed by atoms with Crippen molar-refractivity contribution in [3.8, 4) is 0 Å². The molecule has 8 nitrogen and oxygen atoms in total. The van der Waals surface area contributed by atoms with Crippen LogP contribution in [0.3, 0.4) is 0 Å². The Kier molecular flexibility index (Phi) is 7.17. The number of hydrogen-bond acceptors (Lipinski definition) is 7. The van der Waals surface area contributed by atoms with Gasteiger partial charge in [-0.05, 0) is 62.1 Å². The van der Waals surface area contributed by atoms with Crippen molar-refractivity contribution in [2.45, 2.75) is 42.8 Å². The normalized spacial score (nSPS) is 20.6. The van der Waals surface area contributed by atoms with Gasteiger partial charge in [-0.25, -0.2) is 13.4 Å². The van der Waals surface area contributed by atoms with Crippen molar-refractivity contribution < 1.29 is 22.7 Å². The molecule has 1 aromatic heterocycles. The summed E-state index contributed by atoms with van der Waals surface area (Å²) in [6, 6.07) is 13.9. The number of amides is 1. The number of anilines is 1. The van der Waals surface area contributed by atoms with Crippen LogP contribution >= 0.6 is 11.3 Å². The van der Waals surface area contributed by atoms with E-state index in [1.54, 1.807) is 24.1 Å². The molecule has 3 heterocycles. The number of para-hydroxylation sites is 1. The van der Waals surface area contributed by atoms with E-state index in [9.17, 15) is 13.2 Å². The second-order valence-electron chi connectivity index (χ2n) is 8.96. The Morgan fingerprint density at radius 1 is 1.00 bits per heavy atom. The third-order valence-corrected chi connectivity index (χ3v) is 9.36. The van der Waals surface area contributed by atoms with E-state index in [-0.39, 0.29) is 23.0 Å². The van der Waals surface area contributed by atoms with Crippen LogP contribution in [0.25, 0.3) is 10.2 Å². The molecule has 0 spiro atoms. The van der Waals surface area contributed by atoms with Gasteiger partial charge >= 0.3 is 0 Å². The van der Waals surface area contributed by atoms with Crippen LogP contribution in [-0.4, -0.2) is 69.2 Å². The van der Waals surface area contributed by atoms with Gasteiger partial charge in [-0.1, -0.05) is 23.5 Å². The third kappa shape index (κ3) is 5.26. The average molecular weight is 516 g/mol. The van der Waals surface area contributed by atoms with Crippen molar-refractivity contribution in [3.05, 3.63) is 54.1 Å². The lowest BCUT2D eigenvalue weighted by Crippen LogP contribution is -2.37. The lowest BCUT2D eigenvalue weighted by molar-refractivity contribution is 0.0917. The Morgan fingerprint density at radius 3 is 2.29 bits per heavy atom. The van der Waals surface area contributed by atoms with E-state index in [0.717, 1.165) is 35.9 Å². The van der Waals surface area contributed by atoms with Gasteiger partial charge in [-0.2, -0.15) is 4.31 Å². The molecule has 1 amide bonds. The smallest absolute Gasteiger partial charge is 0.260 e. The number of nitrogens with zero attached hydrogens (tertiary/aromatic N) is 3. The number of hydrogen-bond donors (Lipinski definition) is 0. The third-order valence-electron chi connectivity index (χ3n) is 6.46. The molecular weight excluding hydrogens is 486 g/mol. The first kappa shape index (κ1) is 24.3. The highest BCUT2D eigenvalue weighted by atomic mass is 32.2. The monoisotopic (exact) mass is 515 g/mol. The molecule has 2 unspecified atom stereocenters. The minimum absolute atomic E-state index is 0.0444. The number of carbonyl (C=O) groups is 1. The summed E-state index contributed by atoms with van der Waals surface area (Å²) in [6.07, 6.45) is 3.56. The summed E-state index contributed by atoms with van der Waals surface area (Å²) in [5, 5.41) is 0.611. The van der Waals surface area contributed by atoms with Crippen LogP contribution in [0.5, 0.6) is 0 Å². The van der Waals surface area contributed by atoms with E-state index in [2.05, 4.69) is 4.98 Å². The molecule has 2 aliphatic rings. The molecule has 35 heavy (non-hydrogen) atoms. The van der Waals surface area contributed by atoms with Crippen molar-refractivity contribution in [1.29, 1.82) is 0 Å². The van der Waals surface area contributed by atoms with Gasteiger partial charge in [0, 0.05) is 32.4 Å². The Balaban J connectivity index is 1.38. The van der Waals surface area contributed by atoms with Crippen LogP contribution in [0, 0.1) is 0 Å². The van der Waals surface area contributed by atoms with Gasteiger partial charge < -0.3 is 9.47 Å². The summed E-state index contributed by atoms with van der Waals surface area (Å²) in [4.78, 5) is 20.1. The number of sulfonamides is 1. The maximum Gasteiger partial charge on any atom is 0.260 e. The first-order valence-electron chi connectivity index (χ1n) is 11.9. The van der Waals surface area contributed by atoms with Gasteiger partial charge in [0.1, 0.15) is 0 Å². The largest absolute Gasteiger partial charge is 0.377 e. The molecule has 2 fully saturated rings. The highest BCUT2D eigenvalue weighted by Gasteiger charge is 2.29. The molecule has 2 aromatic carbocycles. The molecular formula is C25H29N3O5S2. The summed E-state index contributed by atoms with van der Waals surface area (Å²) in [5.41, 5.74) is 1.25. The zero-order valence-electron chi connectivity index (χ0n) is 19.6. The van der Waals surface area contributed by atoms with Crippen LogP contribution in [-0.2, 0) is 19.5 Å². The highest BCUT2D eigenvalue weighted by Crippen LogP contribution is 2.31. The molecule has 0 bridgehead atoms. The quantitative estimate of drug-likeness (QED) is 0.452. The zero-order valence-corrected chi connectivity index (χ0v) is 21.3. The molecule has 186 valence electrons. The fourth-order valence-corrected chi connectivity index (χ4v) is 6.67. The Hall–Kier alpha value is -2.37. The van der Waals surface area contributed by atoms with Gasteiger partial charge in [0.25, 0.3) is 5.91 Å². The number of fused-ring (bicyclic) bond motifs is 1. The number of ether oxygens (including phenoxy) is 2. The number of likely N-dealkylation sites (N-methyl/N-ethyl adjacent to an activating group) is 1. The van der Waals surface area contributed by atoms with Crippen LogP contribution in [0.2, 0.25) is 0 Å². The Bertz CT molecular complexity index is 1250. The second kappa shape index (κ2) is 10.3. The molecule has 10 heteroatoms. The first-order chi connectivity index (χ1) is 16.9. The van der Waals surface area contributed by atoms with Gasteiger partial charge in [-0.15, -0.1) is 0 Å². The number of carbonyl (C=O) groups excluding carboxylic acids is 1. The number of aromatic nitrogens is 1. The van der Waals surface area contributed by atoms with E-state index >= 15 is 0 Å². The minimum Gasteiger partial charge on any atom is -0.377 e. The number of rotatable bonds is 8. The predicted molar refractivity (Wildman–Crippen MR) is 136 cm³/mol. The van der Waals surface area contributed by atoms with Gasteiger partial charge in [0.2, 0.25) is 10.0 Å². The molecule has 0 aliphatic carbocycles. The lowest BCUT2D eigenvalue weighted by Gasteiger charge is -2.23. The maximum absolute atomic E-state index is 13.6. The molecule has 0 saturated carbocycles. The van der Waals surface area contributed by atoms with Crippen LogP contribution in [0.15, 0.2) is 53.4 Å². The van der Waals surface area contributed by atoms with Gasteiger partial charge in [-0.3, -0.25) is 9.69 Å². The minimum atomic E-state index is -3.68. The lowest BCUT2D eigenvalue weighted by atomic mass is 10.2. The summed E-state index contributed by atoms with van der Waals surface area (Å²) in [5.74, 6) is -0.226. The van der Waals surface area contributed by atoms with Gasteiger partial charge in [0.05, 0.1) is 33.9 Å². The van der Waals surface area contributed by atoms with Gasteiger partial charge in [0.15, 0.2) is 5.13 Å². The van der Waals surface area contributed by atoms with Crippen molar-refractivity contribution in [2.24, 2.45) is 0 Å². The van der Waals surface area contributed by atoms with Crippen LogP contribution < -0.4 is 4.90 Å². The Morgan fingerprint density at radius 2 is 1.66 bits per heavy atom. The predicted octanol–water partition coefficient (Wildman–Crippen LogP) is 3.92. The molecule has 0 N–H and O–H groups in total. The molecule has 3 aromatic rings. The van der Waals surface area contributed by atoms with Crippen molar-refractivity contribution in [1.82, 2.24) is 9.29 Å². The fourth-order valence-electron chi connectivity index (χ4n) is 4.49. The molecule has 2 aliphatic heterocycles. The summed E-state index contributed by atoms with van der Waals surface area (Å²) < 4.78 is 39.8. The van der Waals surface area contributed by atoms with Crippen molar-refractivity contribution >= 4 is 42.6 Å². The molecule has 5 rings (SSSR count). The topological polar surface area (TPSA) is 89.0 Å². The van der Waals surface area contributed by atoms with E-state index in [1.165, 1.54) is 27.8 Å².